The van der Waals surface area contributed by atoms with Crippen molar-refractivity contribution in [3.63, 3.8) is 0 Å². The van der Waals surface area contributed by atoms with E-state index in [1.54, 1.807) is 0 Å². The molecule has 0 radical (unpaired) electrons. The molecule has 2 N–H and O–H groups in total. The van der Waals surface area contributed by atoms with Gasteiger partial charge >= 0.3 is 0 Å². The van der Waals surface area contributed by atoms with E-state index in [-0.39, 0.29) is 17.8 Å². The summed E-state index contributed by atoms with van der Waals surface area (Å²) in [6.45, 7) is 7.58. The summed E-state index contributed by atoms with van der Waals surface area (Å²) in [6, 6.07) is 8.71. The van der Waals surface area contributed by atoms with Crippen LogP contribution in [0.2, 0.25) is 0 Å². The fourth-order valence-corrected chi connectivity index (χ4v) is 3.64. The molecule has 1 unspecified atom stereocenters. The van der Waals surface area contributed by atoms with Crippen LogP contribution in [-0.2, 0) is 6.54 Å². The number of nitrogens with two attached hydrogens (primary N) is 1. The van der Waals surface area contributed by atoms with E-state index >= 15 is 0 Å². The van der Waals surface area contributed by atoms with Crippen molar-refractivity contribution in [2.75, 3.05) is 13.1 Å². The van der Waals surface area contributed by atoms with Gasteiger partial charge in [0.1, 0.15) is 0 Å². The van der Waals surface area contributed by atoms with Gasteiger partial charge in [-0.05, 0) is 29.5 Å². The highest BCUT2D eigenvalue weighted by Gasteiger charge is 2.33. The molecule has 1 aromatic carbocycles. The third-order valence-corrected chi connectivity index (χ3v) is 5.28. The zero-order valence-electron chi connectivity index (χ0n) is 13.1. The summed E-state index contributed by atoms with van der Waals surface area (Å²) in [5.41, 5.74) is 8.80. The van der Waals surface area contributed by atoms with Crippen LogP contribution in [0.3, 0.4) is 0 Å². The Morgan fingerprint density at radius 1 is 1.36 bits per heavy atom. The van der Waals surface area contributed by atoms with Crippen molar-refractivity contribution in [3.05, 3.63) is 40.5 Å². The molecule has 0 spiro atoms. The predicted molar refractivity (Wildman–Crippen MR) is 98.3 cm³/mol. The van der Waals surface area contributed by atoms with E-state index in [1.165, 1.54) is 10.9 Å². The Labute approximate surface area is 146 Å². The van der Waals surface area contributed by atoms with E-state index in [2.05, 4.69) is 57.9 Å². The molecule has 5 heteroatoms. The highest BCUT2D eigenvalue weighted by atomic mass is 79.9. The van der Waals surface area contributed by atoms with Crippen LogP contribution in [0.1, 0.15) is 25.8 Å². The number of hydrogen-bond donors (Lipinski definition) is 1. The summed E-state index contributed by atoms with van der Waals surface area (Å²) in [5.74, 6) is 0. The van der Waals surface area contributed by atoms with Crippen LogP contribution in [0, 0.1) is 5.41 Å². The zero-order chi connectivity index (χ0) is 15.0. The molecule has 0 bridgehead atoms. The number of aromatic nitrogens is 1. The summed E-state index contributed by atoms with van der Waals surface area (Å²) in [6.07, 6.45) is 2.93. The van der Waals surface area contributed by atoms with Gasteiger partial charge in [0, 0.05) is 41.7 Å². The second kappa shape index (κ2) is 6.83. The van der Waals surface area contributed by atoms with Gasteiger partial charge in [-0.15, -0.1) is 12.4 Å². The number of nitrogens with zero attached hydrogens (tertiary/aromatic N) is 2. The largest absolute Gasteiger partial charge is 0.327 e. The summed E-state index contributed by atoms with van der Waals surface area (Å²) in [7, 11) is 0. The van der Waals surface area contributed by atoms with Crippen LogP contribution >= 0.6 is 28.3 Å². The van der Waals surface area contributed by atoms with Crippen molar-refractivity contribution in [3.8, 4) is 0 Å². The van der Waals surface area contributed by atoms with Gasteiger partial charge in [-0.3, -0.25) is 9.88 Å². The average molecular weight is 385 g/mol. The molecule has 2 heterocycles. The Bertz CT molecular complexity index is 659. The molecule has 0 amide bonds. The maximum absolute atomic E-state index is 6.23. The Morgan fingerprint density at radius 3 is 2.86 bits per heavy atom. The molecule has 1 atom stereocenters. The number of pyridine rings is 1. The van der Waals surface area contributed by atoms with Gasteiger partial charge in [-0.1, -0.05) is 41.9 Å². The Kier molecular flexibility index (Phi) is 5.49. The second-order valence-corrected chi connectivity index (χ2v) is 7.55. The molecule has 120 valence electrons. The molecule has 0 aliphatic carbocycles. The Balaban J connectivity index is 0.00000176. The SMILES string of the molecule is CC1(C)CN(Cc2ccc(Br)c3cccnc23)CCC1N.Cl. The van der Waals surface area contributed by atoms with Gasteiger partial charge in [0.25, 0.3) is 0 Å². The van der Waals surface area contributed by atoms with E-state index in [0.717, 1.165) is 36.0 Å². The van der Waals surface area contributed by atoms with Gasteiger partial charge in [0.05, 0.1) is 5.52 Å². The standard InChI is InChI=1S/C17H22BrN3.ClH/c1-17(2)11-21(9-7-15(17)19)10-12-5-6-14(18)13-4-3-8-20-16(12)13;/h3-6,8,15H,7,9-11,19H2,1-2H3;1H. The Hall–Kier alpha value is -0.680. The van der Waals surface area contributed by atoms with Crippen molar-refractivity contribution in [2.24, 2.45) is 11.1 Å². The quantitative estimate of drug-likeness (QED) is 0.851. The number of halogens is 2. The fraction of sp³-hybridized carbons (Fsp3) is 0.471. The topological polar surface area (TPSA) is 42.2 Å². The first-order valence-corrected chi connectivity index (χ1v) is 8.27. The minimum Gasteiger partial charge on any atom is -0.327 e. The lowest BCUT2D eigenvalue weighted by molar-refractivity contribution is 0.0901. The van der Waals surface area contributed by atoms with Crippen LogP contribution in [0.5, 0.6) is 0 Å². The van der Waals surface area contributed by atoms with Crippen LogP contribution in [-0.4, -0.2) is 29.0 Å². The molecule has 1 saturated heterocycles. The van der Waals surface area contributed by atoms with E-state index in [4.69, 9.17) is 5.73 Å². The van der Waals surface area contributed by atoms with Crippen molar-refractivity contribution >= 4 is 39.2 Å². The molecule has 1 aliphatic heterocycles. The van der Waals surface area contributed by atoms with Gasteiger partial charge < -0.3 is 5.73 Å². The lowest BCUT2D eigenvalue weighted by atomic mass is 9.79. The van der Waals surface area contributed by atoms with E-state index in [1.807, 2.05) is 12.3 Å². The van der Waals surface area contributed by atoms with Crippen molar-refractivity contribution in [1.29, 1.82) is 0 Å². The molecule has 22 heavy (non-hydrogen) atoms. The summed E-state index contributed by atoms with van der Waals surface area (Å²) >= 11 is 3.61. The van der Waals surface area contributed by atoms with Crippen molar-refractivity contribution < 1.29 is 0 Å². The van der Waals surface area contributed by atoms with Gasteiger partial charge in [0.2, 0.25) is 0 Å². The molecule has 1 fully saturated rings. The van der Waals surface area contributed by atoms with Crippen molar-refractivity contribution in [2.45, 2.75) is 32.9 Å². The highest BCUT2D eigenvalue weighted by Crippen LogP contribution is 2.30. The van der Waals surface area contributed by atoms with Crippen LogP contribution in [0.25, 0.3) is 10.9 Å². The van der Waals surface area contributed by atoms with Gasteiger partial charge in [-0.25, -0.2) is 0 Å². The van der Waals surface area contributed by atoms with Crippen LogP contribution in [0.4, 0.5) is 0 Å². The third kappa shape index (κ3) is 3.46. The van der Waals surface area contributed by atoms with E-state index in [9.17, 15) is 0 Å². The lowest BCUT2D eigenvalue weighted by Gasteiger charge is -2.42. The minimum atomic E-state index is 0. The van der Waals surface area contributed by atoms with E-state index in [0.29, 0.717) is 6.04 Å². The molecule has 0 saturated carbocycles. The molecular weight excluding hydrogens is 362 g/mol. The fourth-order valence-electron chi connectivity index (χ4n) is 3.18. The van der Waals surface area contributed by atoms with Gasteiger partial charge in [-0.2, -0.15) is 0 Å². The molecular formula is C17H23BrClN3. The lowest BCUT2D eigenvalue weighted by Crippen LogP contribution is -2.52. The predicted octanol–water partition coefficient (Wildman–Crippen LogP) is 3.98. The summed E-state index contributed by atoms with van der Waals surface area (Å²) < 4.78 is 1.11. The normalized spacial score (nSPS) is 21.5. The number of fused-ring (bicyclic) bond motifs is 1. The minimum absolute atomic E-state index is 0. The maximum Gasteiger partial charge on any atom is 0.0758 e. The van der Waals surface area contributed by atoms with Crippen LogP contribution < -0.4 is 5.73 Å². The summed E-state index contributed by atoms with van der Waals surface area (Å²) in [5, 5.41) is 1.18. The number of likely N-dealkylation sites (tertiary alicyclic amines) is 1. The molecule has 1 aromatic heterocycles. The third-order valence-electron chi connectivity index (χ3n) is 4.59. The van der Waals surface area contributed by atoms with Crippen LogP contribution in [0.15, 0.2) is 34.9 Å². The molecule has 3 rings (SSSR count). The maximum atomic E-state index is 6.23. The first kappa shape index (κ1) is 17.7. The first-order chi connectivity index (χ1) is 9.97. The smallest absolute Gasteiger partial charge is 0.0758 e. The Morgan fingerprint density at radius 2 is 2.14 bits per heavy atom. The zero-order valence-corrected chi connectivity index (χ0v) is 15.5. The van der Waals surface area contributed by atoms with Gasteiger partial charge in [0.15, 0.2) is 0 Å². The number of piperidine rings is 1. The monoisotopic (exact) mass is 383 g/mol. The molecule has 3 nitrogen and oxygen atoms in total. The number of hydrogen-bond acceptors (Lipinski definition) is 3. The summed E-state index contributed by atoms with van der Waals surface area (Å²) in [4.78, 5) is 7.08. The first-order valence-electron chi connectivity index (χ1n) is 7.47. The molecule has 2 aromatic rings. The second-order valence-electron chi connectivity index (χ2n) is 6.70. The molecule has 1 aliphatic rings. The highest BCUT2D eigenvalue weighted by molar-refractivity contribution is 9.10. The van der Waals surface area contributed by atoms with E-state index < -0.39 is 0 Å². The number of benzene rings is 1. The van der Waals surface area contributed by atoms with Crippen molar-refractivity contribution in [1.82, 2.24) is 9.88 Å². The number of rotatable bonds is 2. The average Bonchev–Trinajstić information content (AvgIpc) is 2.46.